The zero-order valence-corrected chi connectivity index (χ0v) is 7.08. The van der Waals surface area contributed by atoms with E-state index in [0.717, 1.165) is 0 Å². The van der Waals surface area contributed by atoms with Gasteiger partial charge < -0.3 is 4.74 Å². The maximum absolute atomic E-state index is 9.90. The van der Waals surface area contributed by atoms with Crippen molar-refractivity contribution in [2.75, 3.05) is 7.11 Å². The van der Waals surface area contributed by atoms with Gasteiger partial charge in [0.1, 0.15) is 0 Å². The summed E-state index contributed by atoms with van der Waals surface area (Å²) in [6.07, 6.45) is 0.219. The Kier molecular flexibility index (Phi) is 9.21. The number of rotatable bonds is 1. The average Bonchev–Trinajstić information content (AvgIpc) is 1.65. The molecule has 0 N–H and O–H groups in total. The van der Waals surface area contributed by atoms with Crippen molar-refractivity contribution in [1.29, 1.82) is 0 Å². The van der Waals surface area contributed by atoms with E-state index in [1.165, 1.54) is 7.11 Å². The van der Waals surface area contributed by atoms with E-state index in [4.69, 9.17) is 0 Å². The first-order valence-electron chi connectivity index (χ1n) is 1.67. The number of hydrogen-bond acceptors (Lipinski definition) is 2. The molecular weight excluding hydrogens is 199 g/mol. The van der Waals surface area contributed by atoms with Crippen LogP contribution in [-0.4, -0.2) is 37.0 Å². The van der Waals surface area contributed by atoms with Gasteiger partial charge in [0.25, 0.3) is 0 Å². The van der Waals surface area contributed by atoms with Crippen LogP contribution in [0.15, 0.2) is 0 Å². The third-order valence-electron chi connectivity index (χ3n) is 0.432. The maximum Gasteiger partial charge on any atom is 0.305 e. The number of carbonyl (C=O) groups excluding carboxylic acids is 1. The van der Waals surface area contributed by atoms with Gasteiger partial charge in [-0.15, -0.1) is 0 Å². The SMILES string of the molecule is [CH2]CC(=O)OC.[HH].[HH].[HH].[Sn]. The van der Waals surface area contributed by atoms with Gasteiger partial charge in [0.05, 0.1) is 7.11 Å². The predicted octanol–water partition coefficient (Wildman–Crippen LogP) is 0.741. The third-order valence-corrected chi connectivity index (χ3v) is 0.432. The van der Waals surface area contributed by atoms with Crippen molar-refractivity contribution in [2.45, 2.75) is 6.42 Å². The van der Waals surface area contributed by atoms with Crippen molar-refractivity contribution < 1.29 is 13.8 Å². The first kappa shape index (κ1) is 10.3. The van der Waals surface area contributed by atoms with Gasteiger partial charge in [-0.1, -0.05) is 0 Å². The minimum absolute atomic E-state index is 0. The molecule has 0 rings (SSSR count). The summed E-state index contributed by atoms with van der Waals surface area (Å²) in [6, 6.07) is 0. The average molecular weight is 212 g/mol. The summed E-state index contributed by atoms with van der Waals surface area (Å²) in [5.41, 5.74) is 0. The minimum atomic E-state index is -0.269. The maximum atomic E-state index is 9.90. The normalized spacial score (nSPS) is 6.57. The Morgan fingerprint density at radius 3 is 2.43 bits per heavy atom. The summed E-state index contributed by atoms with van der Waals surface area (Å²) in [5.74, 6) is -0.269. The molecule has 0 aromatic carbocycles. The molecule has 0 saturated carbocycles. The van der Waals surface area contributed by atoms with Crippen molar-refractivity contribution in [3.8, 4) is 0 Å². The van der Waals surface area contributed by atoms with Crippen LogP contribution in [0.2, 0.25) is 0 Å². The van der Waals surface area contributed by atoms with Gasteiger partial charge in [-0.3, -0.25) is 4.79 Å². The molecule has 0 amide bonds. The summed E-state index contributed by atoms with van der Waals surface area (Å²) in [7, 11) is 1.34. The summed E-state index contributed by atoms with van der Waals surface area (Å²) in [6.45, 7) is 3.28. The summed E-state index contributed by atoms with van der Waals surface area (Å²) in [4.78, 5) is 9.90. The molecule has 0 fully saturated rings. The third kappa shape index (κ3) is 6.27. The van der Waals surface area contributed by atoms with Gasteiger partial charge in [0.15, 0.2) is 0 Å². The molecule has 7 heavy (non-hydrogen) atoms. The Morgan fingerprint density at radius 2 is 2.43 bits per heavy atom. The Balaban J connectivity index is -0.0000000208. The van der Waals surface area contributed by atoms with E-state index in [-0.39, 0.29) is 40.6 Å². The Labute approximate surface area is 64.6 Å². The van der Waals surface area contributed by atoms with Crippen molar-refractivity contribution in [3.05, 3.63) is 6.92 Å². The number of ether oxygens (including phenoxy) is 1. The first-order valence-corrected chi connectivity index (χ1v) is 1.67. The second-order valence-electron chi connectivity index (χ2n) is 0.826. The molecular formula is C4H13O2Sn. The van der Waals surface area contributed by atoms with Crippen LogP contribution in [0.5, 0.6) is 0 Å². The van der Waals surface area contributed by atoms with Crippen LogP contribution in [0.1, 0.15) is 10.7 Å². The monoisotopic (exact) mass is 213 g/mol. The smallest absolute Gasteiger partial charge is 0.305 e. The Bertz CT molecular complexity index is 56.5. The van der Waals surface area contributed by atoms with Crippen LogP contribution >= 0.6 is 0 Å². The van der Waals surface area contributed by atoms with Gasteiger partial charge >= 0.3 is 5.97 Å². The van der Waals surface area contributed by atoms with Crippen LogP contribution in [0.3, 0.4) is 0 Å². The van der Waals surface area contributed by atoms with Crippen LogP contribution in [-0.2, 0) is 9.53 Å². The zero-order valence-electron chi connectivity index (χ0n) is 4.23. The molecule has 0 spiro atoms. The van der Waals surface area contributed by atoms with Crippen LogP contribution < -0.4 is 0 Å². The summed E-state index contributed by atoms with van der Waals surface area (Å²) >= 11 is 0. The van der Waals surface area contributed by atoms with E-state index in [1.807, 2.05) is 0 Å². The molecule has 0 aliphatic rings. The molecule has 0 aromatic rings. The fraction of sp³-hybridized carbons (Fsp3) is 0.500. The van der Waals surface area contributed by atoms with E-state index in [1.54, 1.807) is 0 Å². The van der Waals surface area contributed by atoms with Gasteiger partial charge in [0.2, 0.25) is 0 Å². The molecule has 0 unspecified atom stereocenters. The van der Waals surface area contributed by atoms with Crippen LogP contribution in [0, 0.1) is 6.92 Å². The van der Waals surface area contributed by atoms with Gasteiger partial charge in [0, 0.05) is 34.6 Å². The van der Waals surface area contributed by atoms with E-state index in [2.05, 4.69) is 11.7 Å². The molecule has 5 radical (unpaired) electrons. The van der Waals surface area contributed by atoms with E-state index < -0.39 is 0 Å². The van der Waals surface area contributed by atoms with Gasteiger partial charge in [-0.2, -0.15) is 0 Å². The quantitative estimate of drug-likeness (QED) is 0.473. The molecule has 0 aliphatic carbocycles. The molecule has 45 valence electrons. The number of carbonyl (C=O) groups is 1. The summed E-state index contributed by atoms with van der Waals surface area (Å²) in [5, 5.41) is 0. The Morgan fingerprint density at radius 1 is 2.00 bits per heavy atom. The molecule has 0 heterocycles. The summed E-state index contributed by atoms with van der Waals surface area (Å²) < 4.78 is 4.20. The minimum Gasteiger partial charge on any atom is -0.469 e. The van der Waals surface area contributed by atoms with E-state index >= 15 is 0 Å². The standard InChI is InChI=1S/C4H7O2.Sn.3H2/c1-3-4(5)6-2;;;;/h1,3H2,2H3;;3*1H. The van der Waals surface area contributed by atoms with Crippen molar-refractivity contribution in [2.24, 2.45) is 0 Å². The topological polar surface area (TPSA) is 26.3 Å². The molecule has 0 aliphatic heterocycles. The number of hydrogen-bond donors (Lipinski definition) is 0. The molecule has 0 atom stereocenters. The van der Waals surface area contributed by atoms with Crippen molar-refractivity contribution in [3.63, 3.8) is 0 Å². The van der Waals surface area contributed by atoms with Crippen molar-refractivity contribution in [1.82, 2.24) is 0 Å². The fourth-order valence-corrected chi connectivity index (χ4v) is 0.102. The zero-order chi connectivity index (χ0) is 4.99. The fourth-order valence-electron chi connectivity index (χ4n) is 0.102. The molecule has 3 heteroatoms. The van der Waals surface area contributed by atoms with E-state index in [0.29, 0.717) is 0 Å². The van der Waals surface area contributed by atoms with E-state index in [9.17, 15) is 4.79 Å². The predicted molar refractivity (Wildman–Crippen MR) is 34.1 cm³/mol. The molecule has 0 bridgehead atoms. The number of esters is 1. The second kappa shape index (κ2) is 6.27. The second-order valence-corrected chi connectivity index (χ2v) is 0.826. The number of methoxy groups -OCH3 is 1. The molecule has 0 saturated heterocycles. The van der Waals surface area contributed by atoms with Crippen LogP contribution in [0.25, 0.3) is 0 Å². The Hall–Kier alpha value is 0.269. The van der Waals surface area contributed by atoms with Crippen LogP contribution in [0.4, 0.5) is 0 Å². The molecule has 2 nitrogen and oxygen atoms in total. The molecule has 0 aromatic heterocycles. The van der Waals surface area contributed by atoms with Gasteiger partial charge in [-0.25, -0.2) is 0 Å². The largest absolute Gasteiger partial charge is 0.469 e. The van der Waals surface area contributed by atoms with Crippen molar-refractivity contribution >= 4 is 29.9 Å². The first-order chi connectivity index (χ1) is 2.81. The van der Waals surface area contributed by atoms with Gasteiger partial charge in [-0.05, 0) is 6.92 Å².